The van der Waals surface area contributed by atoms with Crippen LogP contribution in [0.4, 0.5) is 0 Å². The predicted octanol–water partition coefficient (Wildman–Crippen LogP) is 0.811. The maximum atomic E-state index is 11.6. The van der Waals surface area contributed by atoms with E-state index in [1.54, 1.807) is 13.8 Å². The van der Waals surface area contributed by atoms with E-state index < -0.39 is 29.3 Å². The third-order valence-electron chi connectivity index (χ3n) is 4.18. The number of aliphatic hydroxyl groups excluding tert-OH is 2. The molecule has 0 aromatic carbocycles. The van der Waals surface area contributed by atoms with Gasteiger partial charge in [0.1, 0.15) is 17.8 Å². The number of ether oxygens (including phenoxy) is 1. The Hall–Kier alpha value is -0.710. The first-order valence-corrected chi connectivity index (χ1v) is 5.98. The van der Waals surface area contributed by atoms with E-state index in [9.17, 15) is 15.0 Å². The molecular weight excluding hydrogens is 220 g/mol. The highest BCUT2D eigenvalue weighted by atomic mass is 16.6. The summed E-state index contributed by atoms with van der Waals surface area (Å²) in [5.74, 6) is 0.0444. The first-order valence-electron chi connectivity index (χ1n) is 5.98. The first kappa shape index (κ1) is 12.7. The average molecular weight is 240 g/mol. The first-order chi connectivity index (χ1) is 7.72. The van der Waals surface area contributed by atoms with Crippen LogP contribution >= 0.6 is 0 Å². The molecule has 1 heterocycles. The summed E-state index contributed by atoms with van der Waals surface area (Å²) < 4.78 is 5.87. The molecule has 2 rings (SSSR count). The van der Waals surface area contributed by atoms with E-state index in [4.69, 9.17) is 4.74 Å². The molecule has 1 aliphatic carbocycles. The zero-order valence-corrected chi connectivity index (χ0v) is 10.7. The lowest BCUT2D eigenvalue weighted by Crippen LogP contribution is -2.57. The molecule has 0 aromatic heterocycles. The monoisotopic (exact) mass is 240 g/mol. The second kappa shape index (κ2) is 3.64. The van der Waals surface area contributed by atoms with Crippen LogP contribution in [0.3, 0.4) is 0 Å². The second-order valence-electron chi connectivity index (χ2n) is 5.85. The Labute approximate surface area is 101 Å². The molecule has 0 saturated carbocycles. The van der Waals surface area contributed by atoms with Gasteiger partial charge in [-0.3, -0.25) is 4.79 Å². The third kappa shape index (κ3) is 1.51. The maximum Gasteiger partial charge on any atom is 0.156 e. The van der Waals surface area contributed by atoms with Crippen LogP contribution in [0.2, 0.25) is 0 Å². The summed E-state index contributed by atoms with van der Waals surface area (Å²) in [7, 11) is 0. The lowest BCUT2D eigenvalue weighted by Gasteiger charge is -2.48. The highest BCUT2D eigenvalue weighted by molar-refractivity contribution is 5.92. The van der Waals surface area contributed by atoms with E-state index >= 15 is 0 Å². The number of allylic oxidation sites excluding steroid dienone is 1. The minimum atomic E-state index is -0.989. The summed E-state index contributed by atoms with van der Waals surface area (Å²) in [6.45, 7) is 7.32. The number of aliphatic hydroxyl groups is 2. The molecule has 0 aromatic rings. The van der Waals surface area contributed by atoms with Crippen molar-refractivity contribution in [3.8, 4) is 0 Å². The van der Waals surface area contributed by atoms with Gasteiger partial charge in [0.05, 0.1) is 6.10 Å². The van der Waals surface area contributed by atoms with E-state index in [1.165, 1.54) is 6.08 Å². The Bertz CT molecular complexity index is 385. The number of carbonyl (C=O) groups excluding carboxylic acids is 1. The van der Waals surface area contributed by atoms with Crippen molar-refractivity contribution in [3.05, 3.63) is 11.6 Å². The zero-order valence-electron chi connectivity index (χ0n) is 10.7. The molecule has 0 radical (unpaired) electrons. The van der Waals surface area contributed by atoms with Gasteiger partial charge in [-0.05, 0) is 25.5 Å². The molecular formula is C13H20O4. The molecule has 4 atom stereocenters. The minimum Gasteiger partial charge on any atom is -0.388 e. The van der Waals surface area contributed by atoms with Crippen molar-refractivity contribution in [2.75, 3.05) is 0 Å². The Morgan fingerprint density at radius 3 is 2.41 bits per heavy atom. The number of carbonyl (C=O) groups is 1. The number of rotatable bonds is 0. The van der Waals surface area contributed by atoms with Crippen molar-refractivity contribution < 1.29 is 19.7 Å². The smallest absolute Gasteiger partial charge is 0.156 e. The van der Waals surface area contributed by atoms with Gasteiger partial charge < -0.3 is 14.9 Å². The van der Waals surface area contributed by atoms with Crippen molar-refractivity contribution in [2.24, 2.45) is 5.41 Å². The Balaban J connectivity index is 2.55. The van der Waals surface area contributed by atoms with Crippen LogP contribution in [0.15, 0.2) is 11.6 Å². The molecule has 96 valence electrons. The highest BCUT2D eigenvalue weighted by Crippen LogP contribution is 2.52. The van der Waals surface area contributed by atoms with Gasteiger partial charge in [-0.1, -0.05) is 13.8 Å². The zero-order chi connectivity index (χ0) is 13.0. The van der Waals surface area contributed by atoms with Gasteiger partial charge in [-0.25, -0.2) is 0 Å². The second-order valence-corrected chi connectivity index (χ2v) is 5.85. The van der Waals surface area contributed by atoms with Crippen molar-refractivity contribution in [1.29, 1.82) is 0 Å². The van der Waals surface area contributed by atoms with Gasteiger partial charge in [-0.15, -0.1) is 0 Å². The Morgan fingerprint density at radius 1 is 1.41 bits per heavy atom. The largest absolute Gasteiger partial charge is 0.388 e. The third-order valence-corrected chi connectivity index (χ3v) is 4.18. The number of ketones is 1. The van der Waals surface area contributed by atoms with Crippen LogP contribution in [-0.2, 0) is 9.53 Å². The van der Waals surface area contributed by atoms with Gasteiger partial charge in [-0.2, -0.15) is 0 Å². The molecule has 1 saturated heterocycles. The van der Waals surface area contributed by atoms with Crippen molar-refractivity contribution in [2.45, 2.75) is 58.0 Å². The summed E-state index contributed by atoms with van der Waals surface area (Å²) in [5.41, 5.74) is -0.761. The SMILES string of the molecule is CC1=CC(=O)CC(C)(C)C12OC(C)C(O)C2O. The fourth-order valence-electron chi connectivity index (χ4n) is 3.32. The molecule has 2 N–H and O–H groups in total. The van der Waals surface area contributed by atoms with E-state index in [0.717, 1.165) is 0 Å². The van der Waals surface area contributed by atoms with Crippen molar-refractivity contribution >= 4 is 5.78 Å². The van der Waals surface area contributed by atoms with E-state index in [2.05, 4.69) is 0 Å². The quantitative estimate of drug-likeness (QED) is 0.657. The summed E-state index contributed by atoms with van der Waals surface area (Å²) in [4.78, 5) is 11.6. The molecule has 0 bridgehead atoms. The molecule has 1 aliphatic heterocycles. The topological polar surface area (TPSA) is 66.8 Å². The highest BCUT2D eigenvalue weighted by Gasteiger charge is 2.62. The lowest BCUT2D eigenvalue weighted by atomic mass is 9.62. The predicted molar refractivity (Wildman–Crippen MR) is 62.5 cm³/mol. The molecule has 17 heavy (non-hydrogen) atoms. The molecule has 2 aliphatic rings. The van der Waals surface area contributed by atoms with Crippen LogP contribution in [0.5, 0.6) is 0 Å². The lowest BCUT2D eigenvalue weighted by molar-refractivity contribution is -0.144. The van der Waals surface area contributed by atoms with Gasteiger partial charge in [0.25, 0.3) is 0 Å². The van der Waals surface area contributed by atoms with Crippen molar-refractivity contribution in [3.63, 3.8) is 0 Å². The van der Waals surface area contributed by atoms with Crippen molar-refractivity contribution in [1.82, 2.24) is 0 Å². The van der Waals surface area contributed by atoms with Crippen LogP contribution in [0.1, 0.15) is 34.1 Å². The van der Waals surface area contributed by atoms with Crippen LogP contribution < -0.4 is 0 Å². The average Bonchev–Trinajstić information content (AvgIpc) is 2.41. The van der Waals surface area contributed by atoms with Gasteiger partial charge in [0.15, 0.2) is 5.78 Å². The molecule has 4 unspecified atom stereocenters. The summed E-state index contributed by atoms with van der Waals surface area (Å²) in [5, 5.41) is 20.2. The van der Waals surface area contributed by atoms with E-state index in [1.807, 2.05) is 13.8 Å². The summed E-state index contributed by atoms with van der Waals surface area (Å²) in [6.07, 6.45) is -0.483. The van der Waals surface area contributed by atoms with E-state index in [0.29, 0.717) is 12.0 Å². The molecule has 4 heteroatoms. The molecule has 1 spiro atoms. The fourth-order valence-corrected chi connectivity index (χ4v) is 3.32. The minimum absolute atomic E-state index is 0.0444. The molecule has 0 amide bonds. The Kier molecular flexibility index (Phi) is 2.73. The van der Waals surface area contributed by atoms with Crippen LogP contribution in [0, 0.1) is 5.41 Å². The standard InChI is InChI=1S/C13H20O4/c1-7-5-9(14)6-12(3,4)13(7)11(16)10(15)8(2)17-13/h5,8,10-11,15-16H,6H2,1-4H3. The maximum absolute atomic E-state index is 11.6. The number of hydrogen-bond donors (Lipinski definition) is 2. The fraction of sp³-hybridized carbons (Fsp3) is 0.769. The number of hydrogen-bond acceptors (Lipinski definition) is 4. The summed E-state index contributed by atoms with van der Waals surface area (Å²) >= 11 is 0. The van der Waals surface area contributed by atoms with Gasteiger partial charge in [0, 0.05) is 11.8 Å². The van der Waals surface area contributed by atoms with Crippen LogP contribution in [0.25, 0.3) is 0 Å². The molecule has 1 fully saturated rings. The van der Waals surface area contributed by atoms with Crippen LogP contribution in [-0.4, -0.2) is 39.9 Å². The normalized spacial score (nSPS) is 45.2. The summed E-state index contributed by atoms with van der Waals surface area (Å²) in [6, 6.07) is 0. The van der Waals surface area contributed by atoms with Gasteiger partial charge in [0.2, 0.25) is 0 Å². The molecule has 4 nitrogen and oxygen atoms in total. The van der Waals surface area contributed by atoms with Gasteiger partial charge >= 0.3 is 0 Å². The van der Waals surface area contributed by atoms with E-state index in [-0.39, 0.29) is 5.78 Å². The Morgan fingerprint density at radius 2 is 2.00 bits per heavy atom.